The molecule has 166 valence electrons. The predicted octanol–water partition coefficient (Wildman–Crippen LogP) is 3.91. The Morgan fingerprint density at radius 1 is 0.935 bits per heavy atom. The predicted molar refractivity (Wildman–Crippen MR) is 110 cm³/mol. The van der Waals surface area contributed by atoms with Crippen LogP contribution in [-0.2, 0) is 11.0 Å². The molecule has 31 heavy (non-hydrogen) atoms. The molecule has 2 amide bonds. The van der Waals surface area contributed by atoms with E-state index >= 15 is 0 Å². The maximum Gasteiger partial charge on any atom is 0.416 e. The maximum atomic E-state index is 12.7. The van der Waals surface area contributed by atoms with Crippen molar-refractivity contribution in [1.82, 2.24) is 10.6 Å². The first-order valence-electron chi connectivity index (χ1n) is 10.3. The Bertz CT molecular complexity index is 890. The van der Waals surface area contributed by atoms with E-state index in [1.54, 1.807) is 12.1 Å². The maximum absolute atomic E-state index is 12.7. The zero-order chi connectivity index (χ0) is 22.4. The second-order valence-electron chi connectivity index (χ2n) is 7.70. The Morgan fingerprint density at radius 2 is 1.48 bits per heavy atom. The fourth-order valence-corrected chi connectivity index (χ4v) is 3.65. The topological polar surface area (TPSA) is 78.4 Å². The second-order valence-corrected chi connectivity index (χ2v) is 7.70. The highest BCUT2D eigenvalue weighted by Crippen LogP contribution is 2.31. The summed E-state index contributed by atoms with van der Waals surface area (Å²) in [5.74, 6) is -0.930. The fraction of sp³-hybridized carbons (Fsp3) is 0.391. The number of benzene rings is 2. The van der Waals surface area contributed by atoms with Gasteiger partial charge < -0.3 is 15.7 Å². The summed E-state index contributed by atoms with van der Waals surface area (Å²) < 4.78 is 38.1. The zero-order valence-electron chi connectivity index (χ0n) is 16.9. The van der Waals surface area contributed by atoms with E-state index in [1.807, 2.05) is 0 Å². The van der Waals surface area contributed by atoms with Crippen LogP contribution in [0.3, 0.4) is 0 Å². The van der Waals surface area contributed by atoms with Crippen LogP contribution in [0, 0.1) is 0 Å². The molecule has 0 unspecified atom stereocenters. The van der Waals surface area contributed by atoms with Crippen LogP contribution in [-0.4, -0.2) is 35.6 Å². The van der Waals surface area contributed by atoms with Crippen molar-refractivity contribution in [2.75, 3.05) is 6.61 Å². The number of amides is 2. The van der Waals surface area contributed by atoms with E-state index < -0.39 is 36.2 Å². The molecular formula is C23H25F3N2O3. The minimum absolute atomic E-state index is 0.0650. The van der Waals surface area contributed by atoms with E-state index in [1.165, 1.54) is 24.3 Å². The Labute approximate surface area is 178 Å². The van der Waals surface area contributed by atoms with Gasteiger partial charge in [0.1, 0.15) is 6.04 Å². The van der Waals surface area contributed by atoms with Crippen molar-refractivity contribution >= 4 is 11.8 Å². The summed E-state index contributed by atoms with van der Waals surface area (Å²) in [4.78, 5) is 24.9. The molecule has 1 saturated carbocycles. The number of alkyl halides is 3. The molecule has 0 saturated heterocycles. The Morgan fingerprint density at radius 3 is 2.00 bits per heavy atom. The minimum atomic E-state index is -4.40. The van der Waals surface area contributed by atoms with Crippen molar-refractivity contribution in [3.8, 4) is 11.1 Å². The van der Waals surface area contributed by atoms with E-state index in [0.29, 0.717) is 11.1 Å². The molecule has 0 aliphatic heterocycles. The average Bonchev–Trinajstić information content (AvgIpc) is 2.77. The van der Waals surface area contributed by atoms with Gasteiger partial charge in [-0.1, -0.05) is 43.5 Å². The number of hydrogen-bond donors (Lipinski definition) is 3. The lowest BCUT2D eigenvalue weighted by Gasteiger charge is -2.25. The highest BCUT2D eigenvalue weighted by Gasteiger charge is 2.30. The molecule has 2 aromatic rings. The van der Waals surface area contributed by atoms with Crippen LogP contribution < -0.4 is 10.6 Å². The third-order valence-corrected chi connectivity index (χ3v) is 5.45. The van der Waals surface area contributed by atoms with Crippen LogP contribution in [0.2, 0.25) is 0 Å². The molecule has 3 rings (SSSR count). The Hall–Kier alpha value is -2.87. The van der Waals surface area contributed by atoms with Gasteiger partial charge in [-0.15, -0.1) is 0 Å². The van der Waals surface area contributed by atoms with Crippen molar-refractivity contribution in [3.63, 3.8) is 0 Å². The molecule has 0 heterocycles. The summed E-state index contributed by atoms with van der Waals surface area (Å²) >= 11 is 0. The monoisotopic (exact) mass is 434 g/mol. The van der Waals surface area contributed by atoms with Crippen LogP contribution in [0.25, 0.3) is 11.1 Å². The molecule has 8 heteroatoms. The van der Waals surface area contributed by atoms with Crippen LogP contribution >= 0.6 is 0 Å². The number of halogens is 3. The highest BCUT2D eigenvalue weighted by atomic mass is 19.4. The van der Waals surface area contributed by atoms with Crippen molar-refractivity contribution < 1.29 is 27.9 Å². The largest absolute Gasteiger partial charge is 0.416 e. The molecular weight excluding hydrogens is 409 g/mol. The second kappa shape index (κ2) is 9.96. The fourth-order valence-electron chi connectivity index (χ4n) is 3.65. The van der Waals surface area contributed by atoms with Crippen LogP contribution in [0.1, 0.15) is 48.0 Å². The Kier molecular flexibility index (Phi) is 7.33. The summed E-state index contributed by atoms with van der Waals surface area (Å²) in [6, 6.07) is 10.1. The van der Waals surface area contributed by atoms with Gasteiger partial charge in [0.2, 0.25) is 5.91 Å². The van der Waals surface area contributed by atoms with Gasteiger partial charge in [0, 0.05) is 11.6 Å². The highest BCUT2D eigenvalue weighted by molar-refractivity contribution is 5.98. The van der Waals surface area contributed by atoms with E-state index in [0.717, 1.165) is 44.2 Å². The van der Waals surface area contributed by atoms with Crippen molar-refractivity contribution in [2.45, 2.75) is 50.4 Å². The molecule has 1 aliphatic carbocycles. The third-order valence-electron chi connectivity index (χ3n) is 5.45. The van der Waals surface area contributed by atoms with Gasteiger partial charge in [-0.25, -0.2) is 0 Å². The molecule has 0 spiro atoms. The standard InChI is InChI=1S/C23H25F3N2O3/c24-23(25,26)18-12-10-16(11-13-18)15-6-8-17(9-7-15)21(30)28-20(14-29)22(31)27-19-4-2-1-3-5-19/h6-13,19-20,29H,1-5,14H2,(H,27,31)(H,28,30)/t20-/m0/s1. The van der Waals surface area contributed by atoms with Gasteiger partial charge in [0.15, 0.2) is 0 Å². The molecule has 5 nitrogen and oxygen atoms in total. The van der Waals surface area contributed by atoms with E-state index in [2.05, 4.69) is 10.6 Å². The lowest BCUT2D eigenvalue weighted by atomic mass is 9.95. The number of carbonyl (C=O) groups is 2. The molecule has 0 radical (unpaired) electrons. The molecule has 3 N–H and O–H groups in total. The summed E-state index contributed by atoms with van der Waals surface area (Å²) in [7, 11) is 0. The molecule has 0 bridgehead atoms. The van der Waals surface area contributed by atoms with Crippen LogP contribution in [0.4, 0.5) is 13.2 Å². The van der Waals surface area contributed by atoms with Gasteiger partial charge in [-0.3, -0.25) is 9.59 Å². The van der Waals surface area contributed by atoms with Gasteiger partial charge in [0.05, 0.1) is 12.2 Å². The van der Waals surface area contributed by atoms with Gasteiger partial charge in [-0.2, -0.15) is 13.2 Å². The van der Waals surface area contributed by atoms with Gasteiger partial charge >= 0.3 is 6.18 Å². The lowest BCUT2D eigenvalue weighted by molar-refractivity contribution is -0.137. The van der Waals surface area contributed by atoms with Crippen molar-refractivity contribution in [2.24, 2.45) is 0 Å². The third kappa shape index (κ3) is 6.07. The first-order chi connectivity index (χ1) is 14.8. The number of aliphatic hydroxyl groups is 1. The van der Waals surface area contributed by atoms with Crippen LogP contribution in [0.15, 0.2) is 48.5 Å². The quantitative estimate of drug-likeness (QED) is 0.645. The van der Waals surface area contributed by atoms with Crippen molar-refractivity contribution in [3.05, 3.63) is 59.7 Å². The molecule has 1 aliphatic rings. The smallest absolute Gasteiger partial charge is 0.394 e. The average molecular weight is 434 g/mol. The molecule has 0 aromatic heterocycles. The van der Waals surface area contributed by atoms with E-state index in [9.17, 15) is 27.9 Å². The van der Waals surface area contributed by atoms with E-state index in [-0.39, 0.29) is 11.6 Å². The molecule has 1 fully saturated rings. The minimum Gasteiger partial charge on any atom is -0.394 e. The lowest BCUT2D eigenvalue weighted by Crippen LogP contribution is -2.51. The summed E-state index contributed by atoms with van der Waals surface area (Å²) in [5.41, 5.74) is 0.785. The summed E-state index contributed by atoms with van der Waals surface area (Å²) in [6.45, 7) is -0.520. The number of carbonyl (C=O) groups excluding carboxylic acids is 2. The normalized spacial score (nSPS) is 15.9. The number of nitrogens with one attached hydrogen (secondary N) is 2. The first kappa shape index (κ1) is 22.8. The number of aliphatic hydroxyl groups excluding tert-OH is 1. The molecule has 2 aromatic carbocycles. The zero-order valence-corrected chi connectivity index (χ0v) is 16.9. The molecule has 1 atom stereocenters. The van der Waals surface area contributed by atoms with Crippen molar-refractivity contribution in [1.29, 1.82) is 0 Å². The number of hydrogen-bond acceptors (Lipinski definition) is 3. The Balaban J connectivity index is 1.61. The van der Waals surface area contributed by atoms with Gasteiger partial charge in [0.25, 0.3) is 5.91 Å². The SMILES string of the molecule is O=C(N[C@@H](CO)C(=O)NC1CCCCC1)c1ccc(-c2ccc(C(F)(F)F)cc2)cc1. The van der Waals surface area contributed by atoms with E-state index in [4.69, 9.17) is 0 Å². The van der Waals surface area contributed by atoms with Gasteiger partial charge in [-0.05, 0) is 48.2 Å². The number of rotatable bonds is 6. The first-order valence-corrected chi connectivity index (χ1v) is 10.3. The summed E-state index contributed by atoms with van der Waals surface area (Å²) in [5, 5.41) is 14.9. The van der Waals surface area contributed by atoms with Crippen LogP contribution in [0.5, 0.6) is 0 Å². The summed E-state index contributed by atoms with van der Waals surface area (Å²) in [6.07, 6.45) is 0.632.